The van der Waals surface area contributed by atoms with Gasteiger partial charge in [0.1, 0.15) is 11.2 Å². The number of nitrogens with zero attached hydrogens (tertiary/aromatic N) is 1. The molecule has 56 heavy (non-hydrogen) atoms. The van der Waals surface area contributed by atoms with E-state index in [1.54, 1.807) is 0 Å². The Morgan fingerprint density at radius 3 is 1.48 bits per heavy atom. The predicted molar refractivity (Wildman–Crippen MR) is 235 cm³/mol. The minimum atomic E-state index is 0.293. The molecule has 2 heterocycles. The molecule has 0 amide bonds. The third-order valence-corrected chi connectivity index (χ3v) is 11.2. The highest BCUT2D eigenvalue weighted by Crippen LogP contribution is 2.41. The molecule has 0 saturated carbocycles. The molecule has 0 radical (unpaired) electrons. The molecular formula is C54H39NO. The molecule has 1 aliphatic rings. The standard InChI is InChI=1S/C54H39NO/c1-4-12-37(13-5-1)40-22-24-42(25-23-40)43-28-32-45(33-29-43)50-35-34-46(39-16-8-3-9-17-39)36-51(55-50)48-19-11-21-52-53(48)49-20-10-18-47(54(49)56-52)44-30-26-41(27-31-44)38-14-6-2-7-15-38/h1-33,35,46H,34,36H2. The van der Waals surface area contributed by atoms with E-state index in [-0.39, 0.29) is 0 Å². The summed E-state index contributed by atoms with van der Waals surface area (Å²) >= 11 is 0. The van der Waals surface area contributed by atoms with Crippen LogP contribution in [0.4, 0.5) is 0 Å². The zero-order valence-corrected chi connectivity index (χ0v) is 31.0. The lowest BCUT2D eigenvalue weighted by molar-refractivity contribution is 0.670. The Morgan fingerprint density at radius 1 is 0.411 bits per heavy atom. The summed E-state index contributed by atoms with van der Waals surface area (Å²) in [5.74, 6) is 0.293. The van der Waals surface area contributed by atoms with Gasteiger partial charge >= 0.3 is 0 Å². The number of benzene rings is 8. The number of hydrogen-bond donors (Lipinski definition) is 0. The van der Waals surface area contributed by atoms with E-state index in [1.807, 2.05) is 0 Å². The predicted octanol–water partition coefficient (Wildman–Crippen LogP) is 14.7. The van der Waals surface area contributed by atoms with Crippen molar-refractivity contribution in [3.63, 3.8) is 0 Å². The van der Waals surface area contributed by atoms with Gasteiger partial charge < -0.3 is 4.42 Å². The highest BCUT2D eigenvalue weighted by Gasteiger charge is 2.23. The lowest BCUT2D eigenvalue weighted by Crippen LogP contribution is -2.08. The van der Waals surface area contributed by atoms with Gasteiger partial charge in [0.2, 0.25) is 0 Å². The Hall–Kier alpha value is -7.03. The van der Waals surface area contributed by atoms with Crippen LogP contribution in [-0.2, 0) is 0 Å². The summed E-state index contributed by atoms with van der Waals surface area (Å²) in [5, 5.41) is 2.22. The van der Waals surface area contributed by atoms with Crippen LogP contribution in [0.2, 0.25) is 0 Å². The van der Waals surface area contributed by atoms with Crippen LogP contribution in [0, 0.1) is 0 Å². The van der Waals surface area contributed by atoms with E-state index in [0.29, 0.717) is 5.92 Å². The van der Waals surface area contributed by atoms with Crippen molar-refractivity contribution in [2.24, 2.45) is 4.99 Å². The molecule has 1 aromatic heterocycles. The average Bonchev–Trinajstić information content (AvgIpc) is 3.53. The van der Waals surface area contributed by atoms with Gasteiger partial charge in [-0.2, -0.15) is 0 Å². The van der Waals surface area contributed by atoms with Gasteiger partial charge in [-0.1, -0.05) is 200 Å². The second-order valence-corrected chi connectivity index (χ2v) is 14.6. The third-order valence-electron chi connectivity index (χ3n) is 11.2. The Labute approximate surface area is 327 Å². The molecular weight excluding hydrogens is 679 g/mol. The quantitative estimate of drug-likeness (QED) is 0.161. The van der Waals surface area contributed by atoms with Crippen LogP contribution in [-0.4, -0.2) is 5.71 Å². The molecule has 1 atom stereocenters. The molecule has 0 fully saturated rings. The number of para-hydroxylation sites is 1. The van der Waals surface area contributed by atoms with Gasteiger partial charge in [0, 0.05) is 27.6 Å². The fourth-order valence-electron chi connectivity index (χ4n) is 8.25. The molecule has 8 aromatic carbocycles. The van der Waals surface area contributed by atoms with E-state index >= 15 is 0 Å². The maximum atomic E-state index is 6.76. The Morgan fingerprint density at radius 2 is 0.893 bits per heavy atom. The topological polar surface area (TPSA) is 25.5 Å². The van der Waals surface area contributed by atoms with E-state index in [0.717, 1.165) is 68.4 Å². The summed E-state index contributed by atoms with van der Waals surface area (Å²) in [6, 6.07) is 71.4. The van der Waals surface area contributed by atoms with E-state index in [9.17, 15) is 0 Å². The first-order valence-corrected chi connectivity index (χ1v) is 19.4. The molecule has 0 saturated heterocycles. The Balaban J connectivity index is 1.03. The van der Waals surface area contributed by atoms with Gasteiger partial charge in [0.25, 0.3) is 0 Å². The fourth-order valence-corrected chi connectivity index (χ4v) is 8.25. The summed E-state index contributed by atoms with van der Waals surface area (Å²) in [4.78, 5) is 5.53. The van der Waals surface area contributed by atoms with Crippen LogP contribution in [0.3, 0.4) is 0 Å². The van der Waals surface area contributed by atoms with Crippen molar-refractivity contribution >= 4 is 33.3 Å². The van der Waals surface area contributed by atoms with E-state index < -0.39 is 0 Å². The summed E-state index contributed by atoms with van der Waals surface area (Å²) < 4.78 is 6.76. The van der Waals surface area contributed by atoms with Crippen LogP contribution in [0.5, 0.6) is 0 Å². The number of fused-ring (bicyclic) bond motifs is 3. The second-order valence-electron chi connectivity index (χ2n) is 14.6. The van der Waals surface area contributed by atoms with Gasteiger partial charge in [-0.15, -0.1) is 0 Å². The van der Waals surface area contributed by atoms with Crippen LogP contribution in [0.15, 0.2) is 216 Å². The summed E-state index contributed by atoms with van der Waals surface area (Å²) in [5.41, 5.74) is 16.9. The molecule has 2 heteroatoms. The monoisotopic (exact) mass is 717 g/mol. The number of allylic oxidation sites excluding steroid dienone is 1. The normalized spacial score (nSPS) is 14.3. The highest BCUT2D eigenvalue weighted by molar-refractivity contribution is 6.21. The fraction of sp³-hybridized carbons (Fsp3) is 0.0556. The van der Waals surface area contributed by atoms with Crippen molar-refractivity contribution in [3.8, 4) is 44.5 Å². The van der Waals surface area contributed by atoms with Gasteiger partial charge in [-0.3, -0.25) is 4.99 Å². The van der Waals surface area contributed by atoms with Crippen LogP contribution < -0.4 is 0 Å². The SMILES string of the molecule is C1=C(c2ccc(-c3ccc(-c4ccccc4)cc3)cc2)N=C(c2cccc3oc4c(-c5ccc(-c6ccccc6)cc5)cccc4c23)CC(c2ccccc2)C1. The summed E-state index contributed by atoms with van der Waals surface area (Å²) in [7, 11) is 0. The first-order valence-electron chi connectivity index (χ1n) is 19.4. The zero-order valence-electron chi connectivity index (χ0n) is 31.0. The molecule has 0 N–H and O–H groups in total. The van der Waals surface area contributed by atoms with E-state index in [1.165, 1.54) is 38.9 Å². The molecule has 0 bridgehead atoms. The highest BCUT2D eigenvalue weighted by atomic mass is 16.3. The number of hydrogen-bond acceptors (Lipinski definition) is 2. The average molecular weight is 718 g/mol. The van der Waals surface area contributed by atoms with Crippen molar-refractivity contribution in [1.82, 2.24) is 0 Å². The van der Waals surface area contributed by atoms with Crippen molar-refractivity contribution in [2.75, 3.05) is 0 Å². The molecule has 0 aliphatic carbocycles. The van der Waals surface area contributed by atoms with Crippen molar-refractivity contribution in [1.29, 1.82) is 0 Å². The minimum Gasteiger partial charge on any atom is -0.455 e. The van der Waals surface area contributed by atoms with Crippen LogP contribution >= 0.6 is 0 Å². The first kappa shape index (κ1) is 33.5. The van der Waals surface area contributed by atoms with Crippen molar-refractivity contribution in [3.05, 3.63) is 223 Å². The first-order chi connectivity index (χ1) is 27.7. The largest absolute Gasteiger partial charge is 0.455 e. The van der Waals surface area contributed by atoms with Gasteiger partial charge in [-0.05, 0) is 74.9 Å². The second kappa shape index (κ2) is 14.7. The number of aliphatic imine (C=N–C) groups is 1. The van der Waals surface area contributed by atoms with Crippen molar-refractivity contribution < 1.29 is 4.42 Å². The molecule has 9 aromatic rings. The van der Waals surface area contributed by atoms with Crippen LogP contribution in [0.25, 0.3) is 72.1 Å². The molecule has 1 aliphatic heterocycles. The maximum Gasteiger partial charge on any atom is 0.143 e. The Bertz CT molecular complexity index is 2850. The van der Waals surface area contributed by atoms with Gasteiger partial charge in [0.05, 0.1) is 5.70 Å². The van der Waals surface area contributed by atoms with E-state index in [4.69, 9.17) is 9.41 Å². The zero-order chi connectivity index (χ0) is 37.3. The van der Waals surface area contributed by atoms with Gasteiger partial charge in [-0.25, -0.2) is 0 Å². The summed E-state index contributed by atoms with van der Waals surface area (Å²) in [6.07, 6.45) is 4.06. The lowest BCUT2D eigenvalue weighted by Gasteiger charge is -2.16. The van der Waals surface area contributed by atoms with Crippen LogP contribution in [0.1, 0.15) is 35.4 Å². The van der Waals surface area contributed by atoms with E-state index in [2.05, 4.69) is 206 Å². The summed E-state index contributed by atoms with van der Waals surface area (Å²) in [6.45, 7) is 0. The maximum absolute atomic E-state index is 6.76. The molecule has 1 unspecified atom stereocenters. The number of rotatable bonds is 7. The molecule has 2 nitrogen and oxygen atoms in total. The van der Waals surface area contributed by atoms with Gasteiger partial charge in [0.15, 0.2) is 0 Å². The Kier molecular flexibility index (Phi) is 8.78. The lowest BCUT2D eigenvalue weighted by atomic mass is 9.88. The van der Waals surface area contributed by atoms with Crippen molar-refractivity contribution in [2.45, 2.75) is 18.8 Å². The minimum absolute atomic E-state index is 0.293. The molecule has 10 rings (SSSR count). The third kappa shape index (κ3) is 6.46. The molecule has 266 valence electrons. The number of furan rings is 1. The smallest absolute Gasteiger partial charge is 0.143 e. The molecule has 0 spiro atoms.